The average molecular weight is 241 g/mol. The molecule has 0 aliphatic carbocycles. The maximum Gasteiger partial charge on any atom is 0.246 e. The molecular formula is C12H23N3O2. The van der Waals surface area contributed by atoms with Gasteiger partial charge in [0, 0.05) is 29.7 Å². The number of primary amides is 1. The molecule has 0 aromatic rings. The molecule has 0 fully saturated rings. The molecule has 0 bridgehead atoms. The molecule has 1 aliphatic heterocycles. The number of rotatable bonds is 4. The lowest BCUT2D eigenvalue weighted by Crippen LogP contribution is -2.54. The lowest BCUT2D eigenvalue weighted by atomic mass is 9.94. The summed E-state index contributed by atoms with van der Waals surface area (Å²) in [5, 5.41) is 9.70. The van der Waals surface area contributed by atoms with Gasteiger partial charge in [0.05, 0.1) is 6.10 Å². The van der Waals surface area contributed by atoms with Gasteiger partial charge in [-0.05, 0) is 27.7 Å². The monoisotopic (exact) mass is 241 g/mol. The summed E-state index contributed by atoms with van der Waals surface area (Å²) in [5.74, 6) is -0.409. The van der Waals surface area contributed by atoms with Crippen LogP contribution in [0.4, 0.5) is 0 Å². The van der Waals surface area contributed by atoms with E-state index in [-0.39, 0.29) is 12.1 Å². The van der Waals surface area contributed by atoms with Gasteiger partial charge in [-0.1, -0.05) is 6.08 Å². The third kappa shape index (κ3) is 2.51. The van der Waals surface area contributed by atoms with Crippen molar-refractivity contribution in [3.63, 3.8) is 0 Å². The van der Waals surface area contributed by atoms with Crippen LogP contribution in [0, 0.1) is 0 Å². The maximum atomic E-state index is 11.4. The highest BCUT2D eigenvalue weighted by molar-refractivity contribution is 5.95. The molecule has 1 amide bonds. The predicted octanol–water partition coefficient (Wildman–Crippen LogP) is -0.409. The Morgan fingerprint density at radius 1 is 1.47 bits per heavy atom. The summed E-state index contributed by atoms with van der Waals surface area (Å²) in [4.78, 5) is 13.5. The molecule has 0 radical (unpaired) electrons. The smallest absolute Gasteiger partial charge is 0.246 e. The summed E-state index contributed by atoms with van der Waals surface area (Å²) in [6.07, 6.45) is 1.27. The number of carbonyl (C=O) groups is 1. The van der Waals surface area contributed by atoms with Gasteiger partial charge in [-0.2, -0.15) is 0 Å². The van der Waals surface area contributed by atoms with Gasteiger partial charge in [-0.25, -0.2) is 0 Å². The molecule has 1 heterocycles. The van der Waals surface area contributed by atoms with Crippen molar-refractivity contribution in [1.29, 1.82) is 0 Å². The molecule has 98 valence electrons. The summed E-state index contributed by atoms with van der Waals surface area (Å²) in [6.45, 7) is 8.48. The first-order valence-electron chi connectivity index (χ1n) is 5.82. The molecule has 5 N–H and O–H groups in total. The Hall–Kier alpha value is -0.910. The quantitative estimate of drug-likeness (QED) is 0.624. The van der Waals surface area contributed by atoms with Gasteiger partial charge in [0.1, 0.15) is 0 Å². The molecule has 1 rings (SSSR count). The third-order valence-corrected chi connectivity index (χ3v) is 3.46. The number of aliphatic hydroxyl groups is 1. The molecule has 5 heteroatoms. The summed E-state index contributed by atoms with van der Waals surface area (Å²) in [7, 11) is 0. The van der Waals surface area contributed by atoms with Gasteiger partial charge in [0.25, 0.3) is 0 Å². The second-order valence-corrected chi connectivity index (χ2v) is 5.64. The predicted molar refractivity (Wildman–Crippen MR) is 67.2 cm³/mol. The molecule has 1 atom stereocenters. The van der Waals surface area contributed by atoms with Crippen molar-refractivity contribution >= 4 is 5.91 Å². The SMILES string of the molecule is CC1(C)C=C(C(N)=O)C(C)(C)N1CC(O)CN. The van der Waals surface area contributed by atoms with E-state index in [4.69, 9.17) is 11.5 Å². The van der Waals surface area contributed by atoms with E-state index in [1.54, 1.807) is 0 Å². The van der Waals surface area contributed by atoms with Gasteiger partial charge >= 0.3 is 0 Å². The topological polar surface area (TPSA) is 92.6 Å². The van der Waals surface area contributed by atoms with Crippen LogP contribution in [0.3, 0.4) is 0 Å². The number of β-amino-alcohol motifs (C(OH)–C–C–N with tert-alkyl or cyclic N) is 1. The van der Waals surface area contributed by atoms with Gasteiger partial charge in [0.2, 0.25) is 5.91 Å². The van der Waals surface area contributed by atoms with Crippen LogP contribution >= 0.6 is 0 Å². The normalized spacial score (nSPS) is 24.5. The number of nitrogens with zero attached hydrogens (tertiary/aromatic N) is 1. The number of amides is 1. The highest BCUT2D eigenvalue weighted by Gasteiger charge is 2.47. The van der Waals surface area contributed by atoms with Gasteiger partial charge in [-0.3, -0.25) is 9.69 Å². The first-order valence-corrected chi connectivity index (χ1v) is 5.82. The Bertz CT molecular complexity index is 348. The average Bonchev–Trinajstić information content (AvgIpc) is 2.37. The minimum Gasteiger partial charge on any atom is -0.390 e. The number of hydrogen-bond acceptors (Lipinski definition) is 4. The minimum atomic E-state index is -0.603. The van der Waals surface area contributed by atoms with Crippen molar-refractivity contribution in [1.82, 2.24) is 4.90 Å². The Morgan fingerprint density at radius 2 is 2.00 bits per heavy atom. The fourth-order valence-electron chi connectivity index (χ4n) is 2.59. The first-order chi connectivity index (χ1) is 7.63. The lowest BCUT2D eigenvalue weighted by Gasteiger charge is -2.42. The van der Waals surface area contributed by atoms with Crippen LogP contribution in [-0.2, 0) is 4.79 Å². The van der Waals surface area contributed by atoms with Crippen molar-refractivity contribution in [3.8, 4) is 0 Å². The molecule has 0 aromatic heterocycles. The summed E-state index contributed by atoms with van der Waals surface area (Å²) in [5.41, 5.74) is 10.6. The minimum absolute atomic E-state index is 0.203. The lowest BCUT2D eigenvalue weighted by molar-refractivity contribution is -0.115. The van der Waals surface area contributed by atoms with Crippen molar-refractivity contribution in [2.45, 2.75) is 44.9 Å². The van der Waals surface area contributed by atoms with Crippen LogP contribution in [0.25, 0.3) is 0 Å². The third-order valence-electron chi connectivity index (χ3n) is 3.46. The highest BCUT2D eigenvalue weighted by Crippen LogP contribution is 2.39. The van der Waals surface area contributed by atoms with Crippen molar-refractivity contribution < 1.29 is 9.90 Å². The Kier molecular flexibility index (Phi) is 3.66. The number of nitrogens with two attached hydrogens (primary N) is 2. The summed E-state index contributed by atoms with van der Waals surface area (Å²) in [6, 6.07) is 0. The maximum absolute atomic E-state index is 11.4. The largest absolute Gasteiger partial charge is 0.390 e. The van der Waals surface area contributed by atoms with Gasteiger partial charge < -0.3 is 16.6 Å². The van der Waals surface area contributed by atoms with E-state index in [9.17, 15) is 9.90 Å². The second kappa shape index (κ2) is 4.40. The fraction of sp³-hybridized carbons (Fsp3) is 0.750. The van der Waals surface area contributed by atoms with E-state index in [2.05, 4.69) is 4.90 Å². The van der Waals surface area contributed by atoms with Crippen LogP contribution in [0.1, 0.15) is 27.7 Å². The van der Waals surface area contributed by atoms with E-state index >= 15 is 0 Å². The Labute approximate surface area is 102 Å². The zero-order valence-corrected chi connectivity index (χ0v) is 11.0. The summed E-state index contributed by atoms with van der Waals surface area (Å²) < 4.78 is 0. The van der Waals surface area contributed by atoms with Crippen LogP contribution < -0.4 is 11.5 Å². The molecule has 0 spiro atoms. The molecule has 0 saturated carbocycles. The molecule has 17 heavy (non-hydrogen) atoms. The van der Waals surface area contributed by atoms with Crippen molar-refractivity contribution in [2.24, 2.45) is 11.5 Å². The van der Waals surface area contributed by atoms with Gasteiger partial charge in [-0.15, -0.1) is 0 Å². The molecular weight excluding hydrogens is 218 g/mol. The van der Waals surface area contributed by atoms with E-state index in [1.165, 1.54) is 0 Å². The number of hydrogen-bond donors (Lipinski definition) is 3. The van der Waals surface area contributed by atoms with E-state index in [0.29, 0.717) is 12.1 Å². The Balaban J connectivity index is 3.04. The molecule has 1 unspecified atom stereocenters. The number of aliphatic hydroxyl groups excluding tert-OH is 1. The van der Waals surface area contributed by atoms with E-state index in [1.807, 2.05) is 33.8 Å². The molecule has 1 aliphatic rings. The number of carbonyl (C=O) groups excluding carboxylic acids is 1. The van der Waals surface area contributed by atoms with Crippen molar-refractivity contribution in [3.05, 3.63) is 11.6 Å². The fourth-order valence-corrected chi connectivity index (χ4v) is 2.59. The first kappa shape index (κ1) is 14.2. The van der Waals surface area contributed by atoms with Crippen LogP contribution in [0.15, 0.2) is 11.6 Å². The Morgan fingerprint density at radius 3 is 2.35 bits per heavy atom. The van der Waals surface area contributed by atoms with Gasteiger partial charge in [0.15, 0.2) is 0 Å². The van der Waals surface area contributed by atoms with E-state index < -0.39 is 17.6 Å². The van der Waals surface area contributed by atoms with Crippen LogP contribution in [0.2, 0.25) is 0 Å². The standard InChI is InChI=1S/C12H23N3O2/c1-11(2)5-9(10(14)17)12(3,4)15(11)7-8(16)6-13/h5,8,16H,6-7,13H2,1-4H3,(H2,14,17). The zero-order chi connectivity index (χ0) is 13.4. The van der Waals surface area contributed by atoms with Crippen LogP contribution in [-0.4, -0.2) is 46.2 Å². The van der Waals surface area contributed by atoms with Crippen LogP contribution in [0.5, 0.6) is 0 Å². The molecule has 0 aromatic carbocycles. The second-order valence-electron chi connectivity index (χ2n) is 5.64. The summed E-state index contributed by atoms with van der Waals surface area (Å²) >= 11 is 0. The van der Waals surface area contributed by atoms with E-state index in [0.717, 1.165) is 0 Å². The molecule has 5 nitrogen and oxygen atoms in total. The zero-order valence-electron chi connectivity index (χ0n) is 11.0. The van der Waals surface area contributed by atoms with Crippen molar-refractivity contribution in [2.75, 3.05) is 13.1 Å². The molecule has 0 saturated heterocycles. The highest BCUT2D eigenvalue weighted by atomic mass is 16.3.